The number of carbonyl (C=O) groups excluding carboxylic acids is 3. The van der Waals surface area contributed by atoms with Gasteiger partial charge in [-0.2, -0.15) is 0 Å². The number of carbonyl (C=O) groups is 3. The van der Waals surface area contributed by atoms with Crippen LogP contribution in [-0.4, -0.2) is 82.3 Å². The van der Waals surface area contributed by atoms with Crippen LogP contribution in [0.4, 0.5) is 0 Å². The molecule has 0 saturated carbocycles. The number of esters is 1. The van der Waals surface area contributed by atoms with Crippen molar-refractivity contribution in [1.29, 1.82) is 0 Å². The maximum atomic E-state index is 14.1. The maximum Gasteiger partial charge on any atom is 0.312 e. The normalized spacial score (nSPS) is 32.4. The van der Waals surface area contributed by atoms with E-state index in [0.29, 0.717) is 32.2 Å². The van der Waals surface area contributed by atoms with Crippen molar-refractivity contribution in [3.8, 4) is 0 Å². The number of aliphatic hydroxyl groups excluding tert-OH is 1. The van der Waals surface area contributed by atoms with Gasteiger partial charge in [-0.05, 0) is 46.0 Å². The highest BCUT2D eigenvalue weighted by molar-refractivity contribution is 5.98. The minimum Gasteiger partial charge on any atom is -0.465 e. The van der Waals surface area contributed by atoms with E-state index in [2.05, 4.69) is 20.1 Å². The number of amides is 2. The first kappa shape index (κ1) is 26.4. The Kier molecular flexibility index (Phi) is 8.24. The molecule has 190 valence electrons. The topological polar surface area (TPSA) is 96.4 Å². The molecule has 2 bridgehead atoms. The van der Waals surface area contributed by atoms with Crippen molar-refractivity contribution in [1.82, 2.24) is 9.80 Å². The Morgan fingerprint density at radius 3 is 2.71 bits per heavy atom. The van der Waals surface area contributed by atoms with Crippen molar-refractivity contribution in [2.45, 2.75) is 82.6 Å². The van der Waals surface area contributed by atoms with E-state index in [1.807, 2.05) is 13.8 Å². The molecule has 2 amide bonds. The largest absolute Gasteiger partial charge is 0.465 e. The average Bonchev–Trinajstić information content (AvgIpc) is 3.36. The second-order valence-electron chi connectivity index (χ2n) is 10.00. The van der Waals surface area contributed by atoms with Crippen molar-refractivity contribution < 1.29 is 29.0 Å². The molecular formula is C26H40N2O6. The summed E-state index contributed by atoms with van der Waals surface area (Å²) >= 11 is 0. The summed E-state index contributed by atoms with van der Waals surface area (Å²) in [5, 5.41) is 9.46. The lowest BCUT2D eigenvalue weighted by molar-refractivity contribution is -0.160. The van der Waals surface area contributed by atoms with E-state index in [1.54, 1.807) is 22.0 Å². The van der Waals surface area contributed by atoms with Crippen LogP contribution in [-0.2, 0) is 23.9 Å². The molecule has 6 atom stereocenters. The molecule has 3 saturated heterocycles. The molecule has 3 heterocycles. The lowest BCUT2D eigenvalue weighted by Crippen LogP contribution is -2.58. The molecule has 3 aliphatic rings. The van der Waals surface area contributed by atoms with E-state index >= 15 is 0 Å². The summed E-state index contributed by atoms with van der Waals surface area (Å²) in [6.07, 6.45) is 7.07. The molecule has 8 heteroatoms. The molecule has 0 aromatic rings. The fourth-order valence-corrected chi connectivity index (χ4v) is 6.23. The van der Waals surface area contributed by atoms with E-state index in [9.17, 15) is 19.5 Å². The van der Waals surface area contributed by atoms with Gasteiger partial charge in [0, 0.05) is 25.7 Å². The molecule has 1 spiro atoms. The molecule has 3 fully saturated rings. The van der Waals surface area contributed by atoms with Gasteiger partial charge in [0.25, 0.3) is 0 Å². The molecule has 3 aliphatic heterocycles. The Bertz CT molecular complexity index is 815. The van der Waals surface area contributed by atoms with E-state index < -0.39 is 35.0 Å². The first-order valence-electron chi connectivity index (χ1n) is 12.5. The van der Waals surface area contributed by atoms with Crippen LogP contribution in [0.15, 0.2) is 25.3 Å². The van der Waals surface area contributed by atoms with Gasteiger partial charge in [-0.1, -0.05) is 25.5 Å². The minimum atomic E-state index is -1.08. The highest BCUT2D eigenvalue weighted by Gasteiger charge is 2.78. The molecule has 1 N–H and O–H groups in total. The number of ether oxygens (including phenoxy) is 2. The second kappa shape index (κ2) is 10.6. The van der Waals surface area contributed by atoms with E-state index in [4.69, 9.17) is 9.47 Å². The summed E-state index contributed by atoms with van der Waals surface area (Å²) in [4.78, 5) is 44.4. The van der Waals surface area contributed by atoms with Gasteiger partial charge in [0.2, 0.25) is 11.8 Å². The number of fused-ring (bicyclic) bond motifs is 1. The predicted octanol–water partition coefficient (Wildman–Crippen LogP) is 2.46. The molecule has 34 heavy (non-hydrogen) atoms. The summed E-state index contributed by atoms with van der Waals surface area (Å²) in [5.41, 5.74) is -1.93. The molecule has 3 unspecified atom stereocenters. The summed E-state index contributed by atoms with van der Waals surface area (Å²) < 4.78 is 12.1. The monoisotopic (exact) mass is 476 g/mol. The van der Waals surface area contributed by atoms with Crippen LogP contribution in [0.25, 0.3) is 0 Å². The zero-order valence-corrected chi connectivity index (χ0v) is 20.8. The third-order valence-corrected chi connectivity index (χ3v) is 7.74. The molecule has 8 nitrogen and oxygen atoms in total. The van der Waals surface area contributed by atoms with Crippen LogP contribution in [0.3, 0.4) is 0 Å². The average molecular weight is 477 g/mol. The van der Waals surface area contributed by atoms with Crippen molar-refractivity contribution in [2.75, 3.05) is 26.3 Å². The highest BCUT2D eigenvalue weighted by Crippen LogP contribution is 2.63. The first-order chi connectivity index (χ1) is 16.2. The minimum absolute atomic E-state index is 0.0328. The number of rotatable bonds is 13. The number of hydrogen-bond acceptors (Lipinski definition) is 6. The molecular weight excluding hydrogens is 436 g/mol. The smallest absolute Gasteiger partial charge is 0.312 e. The van der Waals surface area contributed by atoms with Gasteiger partial charge in [-0.25, -0.2) is 0 Å². The van der Waals surface area contributed by atoms with Crippen LogP contribution in [0, 0.1) is 11.8 Å². The lowest BCUT2D eigenvalue weighted by Gasteiger charge is -2.39. The fraction of sp³-hybridized carbons (Fsp3) is 0.731. The van der Waals surface area contributed by atoms with Crippen LogP contribution >= 0.6 is 0 Å². The van der Waals surface area contributed by atoms with Crippen LogP contribution in [0.2, 0.25) is 0 Å². The fourth-order valence-electron chi connectivity index (χ4n) is 6.23. The number of nitrogens with zero attached hydrogens (tertiary/aromatic N) is 2. The molecule has 0 radical (unpaired) electrons. The van der Waals surface area contributed by atoms with E-state index in [-0.39, 0.29) is 37.6 Å². The summed E-state index contributed by atoms with van der Waals surface area (Å²) in [6, 6.07) is -0.877. The SMILES string of the molecule is C=CCCOC(=O)[C@@H]1[C@H]2C(=O)N(CCCO)C(C(=O)N(CC=C)C(C)CCC)C23CC[C@@]1(C)O3. The molecule has 0 aromatic heterocycles. The number of likely N-dealkylation sites (tertiary alicyclic amines) is 1. The summed E-state index contributed by atoms with van der Waals surface area (Å²) in [6.45, 7) is 14.1. The van der Waals surface area contributed by atoms with Crippen LogP contribution in [0.1, 0.15) is 59.3 Å². The van der Waals surface area contributed by atoms with Gasteiger partial charge in [0.15, 0.2) is 0 Å². The van der Waals surface area contributed by atoms with Gasteiger partial charge in [-0.15, -0.1) is 13.2 Å². The Labute approximate surface area is 202 Å². The zero-order chi connectivity index (χ0) is 25.1. The zero-order valence-electron chi connectivity index (χ0n) is 20.8. The van der Waals surface area contributed by atoms with Gasteiger partial charge < -0.3 is 24.4 Å². The van der Waals surface area contributed by atoms with E-state index in [0.717, 1.165) is 12.8 Å². The van der Waals surface area contributed by atoms with Crippen molar-refractivity contribution in [3.63, 3.8) is 0 Å². The maximum absolute atomic E-state index is 14.1. The quantitative estimate of drug-likeness (QED) is 0.249. The number of hydrogen-bond donors (Lipinski definition) is 1. The third-order valence-electron chi connectivity index (χ3n) is 7.74. The van der Waals surface area contributed by atoms with Gasteiger partial charge in [-0.3, -0.25) is 14.4 Å². The predicted molar refractivity (Wildman–Crippen MR) is 128 cm³/mol. The Morgan fingerprint density at radius 2 is 2.09 bits per heavy atom. The Balaban J connectivity index is 2.01. The second-order valence-corrected chi connectivity index (χ2v) is 10.00. The first-order valence-corrected chi connectivity index (χ1v) is 12.5. The van der Waals surface area contributed by atoms with Gasteiger partial charge >= 0.3 is 5.97 Å². The van der Waals surface area contributed by atoms with Crippen molar-refractivity contribution in [2.24, 2.45) is 11.8 Å². The standard InChI is InChI=1S/C26H40N2O6/c1-6-9-17-33-24(32)20-19-22(30)28(15-10-16-29)21(26(19)13-12-25(20,5)34-26)23(31)27(14-8-3)18(4)11-7-2/h6,8,18-21,29H,1,3,7,9-17H2,2,4-5H3/t18?,19-,20-,21?,25+,26?/m0/s1. The molecule has 0 aromatic carbocycles. The van der Waals surface area contributed by atoms with Crippen molar-refractivity contribution >= 4 is 17.8 Å². The molecule has 0 aliphatic carbocycles. The summed E-state index contributed by atoms with van der Waals surface area (Å²) in [7, 11) is 0. The van der Waals surface area contributed by atoms with Crippen molar-refractivity contribution in [3.05, 3.63) is 25.3 Å². The van der Waals surface area contributed by atoms with E-state index in [1.165, 1.54) is 0 Å². The van der Waals surface area contributed by atoms with Crippen LogP contribution in [0.5, 0.6) is 0 Å². The van der Waals surface area contributed by atoms with Gasteiger partial charge in [0.1, 0.15) is 17.6 Å². The third kappa shape index (κ3) is 4.31. The Hall–Kier alpha value is -2.19. The van der Waals surface area contributed by atoms with Gasteiger partial charge in [0.05, 0.1) is 18.1 Å². The number of aliphatic hydroxyl groups is 1. The molecule has 3 rings (SSSR count). The highest BCUT2D eigenvalue weighted by atomic mass is 16.6. The Morgan fingerprint density at radius 1 is 1.35 bits per heavy atom. The van der Waals surface area contributed by atoms with Crippen LogP contribution < -0.4 is 0 Å². The lowest BCUT2D eigenvalue weighted by atomic mass is 9.66. The summed E-state index contributed by atoms with van der Waals surface area (Å²) in [5.74, 6) is -2.44.